The molecule has 0 fully saturated rings. The number of alkyl halides is 3. The summed E-state index contributed by atoms with van der Waals surface area (Å²) in [5, 5.41) is 0. The molecule has 0 aliphatic heterocycles. The highest BCUT2D eigenvalue weighted by Crippen LogP contribution is 2.16. The van der Waals surface area contributed by atoms with Crippen molar-refractivity contribution in [2.24, 2.45) is 5.73 Å². The molecule has 0 unspecified atom stereocenters. The fraction of sp³-hybridized carbons (Fsp3) is 0.385. The quantitative estimate of drug-likeness (QED) is 0.513. The number of nitrogens with two attached hydrogens (primary N) is 1. The summed E-state index contributed by atoms with van der Waals surface area (Å²) in [7, 11) is 0. The van der Waals surface area contributed by atoms with Gasteiger partial charge in [0.25, 0.3) is 0 Å². The van der Waals surface area contributed by atoms with Crippen LogP contribution in [0.2, 0.25) is 0 Å². The lowest BCUT2D eigenvalue weighted by Gasteiger charge is -2.09. The third kappa shape index (κ3) is 6.97. The van der Waals surface area contributed by atoms with E-state index < -0.39 is 18.6 Å². The molecular weight excluding hydrogens is 278 g/mol. The van der Waals surface area contributed by atoms with Crippen molar-refractivity contribution in [3.63, 3.8) is 0 Å². The molecular formula is C13H13F4NO2. The van der Waals surface area contributed by atoms with Gasteiger partial charge in [0.2, 0.25) is 0 Å². The maximum absolute atomic E-state index is 13.2. The van der Waals surface area contributed by atoms with Gasteiger partial charge in [-0.1, -0.05) is 11.8 Å². The van der Waals surface area contributed by atoms with E-state index in [2.05, 4.69) is 16.6 Å². The van der Waals surface area contributed by atoms with Crippen molar-refractivity contribution in [3.8, 4) is 17.6 Å². The molecule has 2 N–H and O–H groups in total. The van der Waals surface area contributed by atoms with E-state index in [4.69, 9.17) is 10.5 Å². The molecule has 3 nitrogen and oxygen atoms in total. The van der Waals surface area contributed by atoms with E-state index in [1.807, 2.05) is 0 Å². The molecule has 0 aromatic heterocycles. The Morgan fingerprint density at radius 3 is 2.55 bits per heavy atom. The smallest absolute Gasteiger partial charge is 0.411 e. The SMILES string of the molecule is NCC#Cc1cc(F)cc(OCCOCC(F)(F)F)c1. The van der Waals surface area contributed by atoms with Gasteiger partial charge in [0, 0.05) is 11.6 Å². The standard InChI is InChI=1S/C13H13F4NO2/c14-11-6-10(2-1-3-18)7-12(8-11)20-5-4-19-9-13(15,16)17/h6-8H,3-5,9,18H2. The molecule has 1 rings (SSSR count). The highest BCUT2D eigenvalue weighted by Gasteiger charge is 2.27. The zero-order valence-corrected chi connectivity index (χ0v) is 10.5. The van der Waals surface area contributed by atoms with Gasteiger partial charge >= 0.3 is 6.18 Å². The second kappa shape index (κ2) is 7.72. The Morgan fingerprint density at radius 1 is 1.15 bits per heavy atom. The minimum Gasteiger partial charge on any atom is -0.491 e. The average molecular weight is 291 g/mol. The summed E-state index contributed by atoms with van der Waals surface area (Å²) in [6, 6.07) is 3.78. The van der Waals surface area contributed by atoms with E-state index in [0.717, 1.165) is 6.07 Å². The van der Waals surface area contributed by atoms with E-state index in [1.165, 1.54) is 12.1 Å². The van der Waals surface area contributed by atoms with Crippen molar-refractivity contribution in [2.75, 3.05) is 26.4 Å². The molecule has 0 aliphatic carbocycles. The largest absolute Gasteiger partial charge is 0.491 e. The molecule has 20 heavy (non-hydrogen) atoms. The van der Waals surface area contributed by atoms with Crippen LogP contribution >= 0.6 is 0 Å². The second-order valence-corrected chi connectivity index (χ2v) is 3.70. The molecule has 0 bridgehead atoms. The van der Waals surface area contributed by atoms with Gasteiger partial charge in [-0.15, -0.1) is 0 Å². The minimum atomic E-state index is -4.37. The average Bonchev–Trinajstić information content (AvgIpc) is 2.34. The van der Waals surface area contributed by atoms with Crippen LogP contribution in [0.1, 0.15) is 5.56 Å². The van der Waals surface area contributed by atoms with Gasteiger partial charge in [-0.2, -0.15) is 13.2 Å². The summed E-state index contributed by atoms with van der Waals surface area (Å²) < 4.78 is 58.0. The number of ether oxygens (including phenoxy) is 2. The first-order valence-electron chi connectivity index (χ1n) is 5.67. The fourth-order valence-corrected chi connectivity index (χ4v) is 1.28. The first-order chi connectivity index (χ1) is 9.40. The third-order valence-electron chi connectivity index (χ3n) is 1.97. The van der Waals surface area contributed by atoms with E-state index >= 15 is 0 Å². The first-order valence-corrected chi connectivity index (χ1v) is 5.67. The molecule has 0 saturated carbocycles. The maximum atomic E-state index is 13.2. The van der Waals surface area contributed by atoms with E-state index in [1.54, 1.807) is 0 Å². The molecule has 7 heteroatoms. The number of rotatable bonds is 5. The Labute approximate surface area is 113 Å². The minimum absolute atomic E-state index is 0.122. The maximum Gasteiger partial charge on any atom is 0.411 e. The summed E-state index contributed by atoms with van der Waals surface area (Å²) in [4.78, 5) is 0. The van der Waals surface area contributed by atoms with E-state index in [0.29, 0.717) is 5.56 Å². The molecule has 1 aromatic rings. The Morgan fingerprint density at radius 2 is 1.90 bits per heavy atom. The normalized spacial score (nSPS) is 10.8. The Hall–Kier alpha value is -1.78. The zero-order valence-electron chi connectivity index (χ0n) is 10.5. The lowest BCUT2D eigenvalue weighted by molar-refractivity contribution is -0.175. The topological polar surface area (TPSA) is 44.5 Å². The summed E-state index contributed by atoms with van der Waals surface area (Å²) in [6.07, 6.45) is -4.37. The highest BCUT2D eigenvalue weighted by atomic mass is 19.4. The van der Waals surface area contributed by atoms with Crippen LogP contribution in [0.4, 0.5) is 17.6 Å². The molecule has 0 aliphatic rings. The summed E-state index contributed by atoms with van der Waals surface area (Å²) in [5.41, 5.74) is 5.57. The lowest BCUT2D eigenvalue weighted by Crippen LogP contribution is -2.19. The van der Waals surface area contributed by atoms with Crippen molar-refractivity contribution in [1.82, 2.24) is 0 Å². The van der Waals surface area contributed by atoms with Gasteiger partial charge < -0.3 is 15.2 Å². The van der Waals surface area contributed by atoms with Crippen LogP contribution < -0.4 is 10.5 Å². The molecule has 0 spiro atoms. The van der Waals surface area contributed by atoms with Crippen LogP contribution in [-0.4, -0.2) is 32.5 Å². The number of hydrogen-bond acceptors (Lipinski definition) is 3. The van der Waals surface area contributed by atoms with Gasteiger partial charge in [0.15, 0.2) is 0 Å². The van der Waals surface area contributed by atoms with Crippen LogP contribution in [0.15, 0.2) is 18.2 Å². The Bertz CT molecular complexity index is 491. The molecule has 0 heterocycles. The van der Waals surface area contributed by atoms with Crippen LogP contribution in [-0.2, 0) is 4.74 Å². The molecule has 1 aromatic carbocycles. The van der Waals surface area contributed by atoms with E-state index in [9.17, 15) is 17.6 Å². The van der Waals surface area contributed by atoms with Gasteiger partial charge in [-0.25, -0.2) is 4.39 Å². The Balaban J connectivity index is 2.46. The number of halogens is 4. The van der Waals surface area contributed by atoms with Crippen molar-refractivity contribution >= 4 is 0 Å². The van der Waals surface area contributed by atoms with Gasteiger partial charge in [0.1, 0.15) is 24.8 Å². The van der Waals surface area contributed by atoms with Crippen molar-refractivity contribution in [1.29, 1.82) is 0 Å². The summed E-state index contributed by atoms with van der Waals surface area (Å²) in [6.45, 7) is -1.58. The van der Waals surface area contributed by atoms with Crippen LogP contribution in [0.5, 0.6) is 5.75 Å². The lowest BCUT2D eigenvalue weighted by atomic mass is 10.2. The molecule has 0 radical (unpaired) electrons. The second-order valence-electron chi connectivity index (χ2n) is 3.70. The van der Waals surface area contributed by atoms with Gasteiger partial charge in [0.05, 0.1) is 13.2 Å². The molecule has 0 saturated heterocycles. The van der Waals surface area contributed by atoms with Crippen molar-refractivity contribution < 1.29 is 27.0 Å². The summed E-state index contributed by atoms with van der Waals surface area (Å²) >= 11 is 0. The number of hydrogen-bond donors (Lipinski definition) is 1. The molecule has 0 atom stereocenters. The van der Waals surface area contributed by atoms with E-state index in [-0.39, 0.29) is 25.5 Å². The molecule has 0 amide bonds. The Kier molecular flexibility index (Phi) is 6.28. The summed E-state index contributed by atoms with van der Waals surface area (Å²) in [5.74, 6) is 4.80. The monoisotopic (exact) mass is 291 g/mol. The van der Waals surface area contributed by atoms with Gasteiger partial charge in [-0.05, 0) is 12.1 Å². The van der Waals surface area contributed by atoms with Gasteiger partial charge in [-0.3, -0.25) is 0 Å². The van der Waals surface area contributed by atoms with Crippen LogP contribution in [0.25, 0.3) is 0 Å². The number of benzene rings is 1. The first kappa shape index (κ1) is 16.3. The fourth-order valence-electron chi connectivity index (χ4n) is 1.28. The van der Waals surface area contributed by atoms with Crippen molar-refractivity contribution in [3.05, 3.63) is 29.6 Å². The predicted octanol–water partition coefficient (Wildman–Crippen LogP) is 2.09. The third-order valence-corrected chi connectivity index (χ3v) is 1.97. The predicted molar refractivity (Wildman–Crippen MR) is 64.7 cm³/mol. The molecule has 110 valence electrons. The highest BCUT2D eigenvalue weighted by molar-refractivity contribution is 5.40. The van der Waals surface area contributed by atoms with Crippen molar-refractivity contribution in [2.45, 2.75) is 6.18 Å². The van der Waals surface area contributed by atoms with Crippen LogP contribution in [0.3, 0.4) is 0 Å². The van der Waals surface area contributed by atoms with Crippen LogP contribution in [0, 0.1) is 17.7 Å². The zero-order chi connectivity index (χ0) is 15.0.